The second kappa shape index (κ2) is 7.44. The number of aliphatic hydroxyl groups is 1. The highest BCUT2D eigenvalue weighted by atomic mass is 16.5. The Bertz CT molecular complexity index is 563. The van der Waals surface area contributed by atoms with Crippen LogP contribution in [-0.4, -0.2) is 35.3 Å². The lowest BCUT2D eigenvalue weighted by molar-refractivity contribution is 0.275. The summed E-state index contributed by atoms with van der Waals surface area (Å²) in [5.74, 6) is 1.71. The molecule has 0 bridgehead atoms. The Morgan fingerprint density at radius 1 is 1.19 bits per heavy atom. The van der Waals surface area contributed by atoms with Gasteiger partial charge < -0.3 is 20.5 Å². The maximum absolute atomic E-state index is 9.61. The van der Waals surface area contributed by atoms with E-state index in [0.717, 1.165) is 12.1 Å². The van der Waals surface area contributed by atoms with Crippen molar-refractivity contribution in [3.8, 4) is 5.75 Å². The molecule has 112 valence electrons. The van der Waals surface area contributed by atoms with Crippen LogP contribution in [0.5, 0.6) is 5.75 Å². The van der Waals surface area contributed by atoms with Gasteiger partial charge in [-0.3, -0.25) is 0 Å². The first-order valence-electron chi connectivity index (χ1n) is 6.85. The van der Waals surface area contributed by atoms with E-state index in [1.54, 1.807) is 7.11 Å². The number of hydrogen-bond donors (Lipinski definition) is 3. The van der Waals surface area contributed by atoms with Crippen LogP contribution >= 0.6 is 0 Å². The molecule has 0 saturated carbocycles. The summed E-state index contributed by atoms with van der Waals surface area (Å²) in [5.41, 5.74) is 0.977. The summed E-state index contributed by atoms with van der Waals surface area (Å²) in [7, 11) is 1.57. The molecule has 1 atom stereocenters. The summed E-state index contributed by atoms with van der Waals surface area (Å²) in [5, 5.41) is 15.9. The van der Waals surface area contributed by atoms with Crippen molar-refractivity contribution >= 4 is 11.6 Å². The van der Waals surface area contributed by atoms with Crippen molar-refractivity contribution in [2.75, 3.05) is 30.9 Å². The first kappa shape index (κ1) is 15.1. The normalized spacial score (nSPS) is 11.8. The van der Waals surface area contributed by atoms with E-state index in [2.05, 4.69) is 20.6 Å². The van der Waals surface area contributed by atoms with Gasteiger partial charge in [-0.15, -0.1) is 0 Å². The van der Waals surface area contributed by atoms with E-state index in [9.17, 15) is 5.11 Å². The molecule has 2 rings (SSSR count). The van der Waals surface area contributed by atoms with Gasteiger partial charge in [-0.1, -0.05) is 30.3 Å². The highest BCUT2D eigenvalue weighted by Gasteiger charge is 2.16. The first-order valence-corrected chi connectivity index (χ1v) is 6.85. The fraction of sp³-hybridized carbons (Fsp3) is 0.333. The Balaban J connectivity index is 2.27. The van der Waals surface area contributed by atoms with Gasteiger partial charge in [-0.25, -0.2) is 9.97 Å². The van der Waals surface area contributed by atoms with Gasteiger partial charge >= 0.3 is 0 Å². The average Bonchev–Trinajstić information content (AvgIpc) is 2.54. The number of ether oxygens (including phenoxy) is 1. The molecule has 1 aromatic heterocycles. The topological polar surface area (TPSA) is 79.3 Å². The zero-order chi connectivity index (χ0) is 15.1. The Morgan fingerprint density at radius 2 is 1.90 bits per heavy atom. The van der Waals surface area contributed by atoms with E-state index in [1.807, 2.05) is 37.3 Å². The van der Waals surface area contributed by atoms with Crippen molar-refractivity contribution in [2.24, 2.45) is 0 Å². The molecule has 6 nitrogen and oxygen atoms in total. The van der Waals surface area contributed by atoms with Gasteiger partial charge in [0.25, 0.3) is 0 Å². The van der Waals surface area contributed by atoms with Crippen LogP contribution in [0.1, 0.15) is 18.5 Å². The van der Waals surface area contributed by atoms with E-state index in [1.165, 1.54) is 6.33 Å². The monoisotopic (exact) mass is 288 g/mol. The molecule has 0 aliphatic rings. The zero-order valence-corrected chi connectivity index (χ0v) is 12.2. The molecule has 0 aliphatic carbocycles. The molecular weight excluding hydrogens is 268 g/mol. The molecule has 2 aromatic rings. The molecule has 0 aliphatic heterocycles. The first-order chi connectivity index (χ1) is 10.3. The molecule has 1 unspecified atom stereocenters. The largest absolute Gasteiger partial charge is 0.490 e. The summed E-state index contributed by atoms with van der Waals surface area (Å²) in [6.07, 6.45) is 1.46. The van der Waals surface area contributed by atoms with Gasteiger partial charge in [0, 0.05) is 6.54 Å². The van der Waals surface area contributed by atoms with E-state index in [-0.39, 0.29) is 12.6 Å². The van der Waals surface area contributed by atoms with Crippen molar-refractivity contribution in [3.05, 3.63) is 42.2 Å². The minimum absolute atomic E-state index is 0.0479. The van der Waals surface area contributed by atoms with E-state index >= 15 is 0 Å². The second-order valence-corrected chi connectivity index (χ2v) is 4.42. The zero-order valence-electron chi connectivity index (χ0n) is 12.2. The van der Waals surface area contributed by atoms with E-state index in [0.29, 0.717) is 17.4 Å². The highest BCUT2D eigenvalue weighted by molar-refractivity contribution is 5.64. The molecule has 0 radical (unpaired) electrons. The van der Waals surface area contributed by atoms with Crippen molar-refractivity contribution in [3.63, 3.8) is 0 Å². The quantitative estimate of drug-likeness (QED) is 0.724. The van der Waals surface area contributed by atoms with Crippen molar-refractivity contribution in [2.45, 2.75) is 13.0 Å². The lowest BCUT2D eigenvalue weighted by Gasteiger charge is -2.20. The minimum Gasteiger partial charge on any atom is -0.490 e. The lowest BCUT2D eigenvalue weighted by atomic mass is 10.1. The van der Waals surface area contributed by atoms with Gasteiger partial charge in [-0.05, 0) is 12.5 Å². The Hall–Kier alpha value is -2.34. The van der Waals surface area contributed by atoms with E-state index < -0.39 is 0 Å². The third kappa shape index (κ3) is 3.61. The molecule has 6 heteroatoms. The van der Waals surface area contributed by atoms with Gasteiger partial charge in [0.05, 0.1) is 19.8 Å². The molecule has 1 aromatic carbocycles. The van der Waals surface area contributed by atoms with Crippen molar-refractivity contribution in [1.82, 2.24) is 9.97 Å². The number of nitrogens with zero attached hydrogens (tertiary/aromatic N) is 2. The van der Waals surface area contributed by atoms with Crippen LogP contribution in [0.2, 0.25) is 0 Å². The maximum Gasteiger partial charge on any atom is 0.204 e. The summed E-state index contributed by atoms with van der Waals surface area (Å²) in [4.78, 5) is 8.36. The average molecular weight is 288 g/mol. The van der Waals surface area contributed by atoms with Crippen molar-refractivity contribution in [1.29, 1.82) is 0 Å². The molecular formula is C15H20N4O2. The van der Waals surface area contributed by atoms with Crippen LogP contribution in [0, 0.1) is 0 Å². The van der Waals surface area contributed by atoms with Crippen LogP contribution in [0.15, 0.2) is 36.7 Å². The summed E-state index contributed by atoms with van der Waals surface area (Å²) < 4.78 is 5.38. The molecule has 0 fully saturated rings. The highest BCUT2D eigenvalue weighted by Crippen LogP contribution is 2.31. The smallest absolute Gasteiger partial charge is 0.204 e. The predicted octanol–water partition coefficient (Wildman–Crippen LogP) is 2.06. The Kier molecular flexibility index (Phi) is 5.34. The predicted molar refractivity (Wildman–Crippen MR) is 82.6 cm³/mol. The van der Waals surface area contributed by atoms with E-state index in [4.69, 9.17) is 4.74 Å². The molecule has 1 heterocycles. The standard InChI is InChI=1S/C15H20N4O2/c1-3-16-14-13(21-2)15(18-10-17-14)19-12(9-20)11-7-5-4-6-8-11/h4-8,10,12,20H,3,9H2,1-2H3,(H2,16,17,18,19). The van der Waals surface area contributed by atoms with Gasteiger partial charge in [0.2, 0.25) is 5.75 Å². The molecule has 3 N–H and O–H groups in total. The number of nitrogens with one attached hydrogen (secondary N) is 2. The van der Waals surface area contributed by atoms with Crippen molar-refractivity contribution < 1.29 is 9.84 Å². The van der Waals surface area contributed by atoms with Gasteiger partial charge in [0.1, 0.15) is 6.33 Å². The SMILES string of the molecule is CCNc1ncnc(NC(CO)c2ccccc2)c1OC. The third-order valence-corrected chi connectivity index (χ3v) is 3.05. The summed E-state index contributed by atoms with van der Waals surface area (Å²) in [6.45, 7) is 2.66. The second-order valence-electron chi connectivity index (χ2n) is 4.42. The maximum atomic E-state index is 9.61. The summed E-state index contributed by atoms with van der Waals surface area (Å²) in [6, 6.07) is 9.44. The Morgan fingerprint density at radius 3 is 2.52 bits per heavy atom. The van der Waals surface area contributed by atoms with Crippen LogP contribution < -0.4 is 15.4 Å². The Labute approximate surface area is 124 Å². The number of anilines is 2. The third-order valence-electron chi connectivity index (χ3n) is 3.05. The molecule has 0 amide bonds. The number of methoxy groups -OCH3 is 1. The number of rotatable bonds is 7. The number of hydrogen-bond acceptors (Lipinski definition) is 6. The number of aromatic nitrogens is 2. The number of aliphatic hydroxyl groups excluding tert-OH is 1. The molecule has 0 spiro atoms. The fourth-order valence-corrected chi connectivity index (χ4v) is 2.05. The lowest BCUT2D eigenvalue weighted by Crippen LogP contribution is -2.17. The van der Waals surface area contributed by atoms with Crippen LogP contribution in [0.25, 0.3) is 0 Å². The van der Waals surface area contributed by atoms with Crippen LogP contribution in [-0.2, 0) is 0 Å². The fourth-order valence-electron chi connectivity index (χ4n) is 2.05. The van der Waals surface area contributed by atoms with Crippen LogP contribution in [0.4, 0.5) is 11.6 Å². The van der Waals surface area contributed by atoms with Gasteiger partial charge in [0.15, 0.2) is 11.6 Å². The molecule has 0 saturated heterocycles. The van der Waals surface area contributed by atoms with Crippen LogP contribution in [0.3, 0.4) is 0 Å². The minimum atomic E-state index is -0.260. The van der Waals surface area contributed by atoms with Gasteiger partial charge in [-0.2, -0.15) is 0 Å². The molecule has 21 heavy (non-hydrogen) atoms. The summed E-state index contributed by atoms with van der Waals surface area (Å²) >= 11 is 0. The number of benzene rings is 1.